The summed E-state index contributed by atoms with van der Waals surface area (Å²) in [4.78, 5) is 2.02. The van der Waals surface area contributed by atoms with E-state index in [1.807, 2.05) is 11.9 Å². The third-order valence-electron chi connectivity index (χ3n) is 2.10. The maximum absolute atomic E-state index is 4.06. The maximum Gasteiger partial charge on any atom is 0.213 e. The highest BCUT2D eigenvalue weighted by Crippen LogP contribution is 2.28. The van der Waals surface area contributed by atoms with E-state index in [1.54, 1.807) is 0 Å². The normalized spacial score (nSPS) is 10.3. The number of hydrogen-bond acceptors (Lipinski definition) is 4. The van der Waals surface area contributed by atoms with Gasteiger partial charge < -0.3 is 4.90 Å². The fraction of sp³-hybridized carbons (Fsp3) is 0.200. The second-order valence-corrected chi connectivity index (χ2v) is 5.46. The molecule has 0 amide bonds. The van der Waals surface area contributed by atoms with Crippen LogP contribution >= 0.6 is 27.3 Å². The molecule has 3 nitrogen and oxygen atoms in total. The van der Waals surface area contributed by atoms with Crippen molar-refractivity contribution in [1.82, 2.24) is 10.2 Å². The lowest BCUT2D eigenvalue weighted by Gasteiger charge is -2.14. The van der Waals surface area contributed by atoms with Gasteiger partial charge >= 0.3 is 0 Å². The second-order valence-electron chi connectivity index (χ2n) is 3.23. The lowest BCUT2D eigenvalue weighted by molar-refractivity contribution is 1.03. The highest BCUT2D eigenvalue weighted by molar-refractivity contribution is 9.11. The van der Waals surface area contributed by atoms with Gasteiger partial charge in [0.15, 0.2) is 3.92 Å². The molecule has 15 heavy (non-hydrogen) atoms. The molecule has 0 aliphatic carbocycles. The Morgan fingerprint density at radius 1 is 1.20 bits per heavy atom. The number of hydrogen-bond donors (Lipinski definition) is 0. The lowest BCUT2D eigenvalue weighted by Crippen LogP contribution is -2.08. The highest BCUT2D eigenvalue weighted by Gasteiger charge is 2.08. The molecule has 0 radical (unpaired) electrons. The molecule has 0 aliphatic heterocycles. The molecule has 0 saturated heterocycles. The summed E-state index contributed by atoms with van der Waals surface area (Å²) in [6.07, 6.45) is 0. The fourth-order valence-corrected chi connectivity index (χ4v) is 2.28. The maximum atomic E-state index is 4.06. The Morgan fingerprint density at radius 3 is 2.40 bits per heavy atom. The summed E-state index contributed by atoms with van der Waals surface area (Å²) in [7, 11) is 1.98. The number of halogens is 1. The Labute approximate surface area is 101 Å². The van der Waals surface area contributed by atoms with Gasteiger partial charge in [-0.3, -0.25) is 0 Å². The summed E-state index contributed by atoms with van der Waals surface area (Å²) < 4.78 is 0.802. The first-order valence-corrected chi connectivity index (χ1v) is 6.07. The van der Waals surface area contributed by atoms with E-state index in [4.69, 9.17) is 0 Å². The van der Waals surface area contributed by atoms with E-state index in [9.17, 15) is 0 Å². The van der Waals surface area contributed by atoms with Crippen LogP contribution in [0.15, 0.2) is 28.2 Å². The van der Waals surface area contributed by atoms with Gasteiger partial charge in [0.25, 0.3) is 0 Å². The predicted molar refractivity (Wildman–Crippen MR) is 66.9 cm³/mol. The van der Waals surface area contributed by atoms with Crippen molar-refractivity contribution in [2.75, 3.05) is 11.9 Å². The molecule has 0 fully saturated rings. The molecule has 2 rings (SSSR count). The molecule has 0 spiro atoms. The van der Waals surface area contributed by atoms with Gasteiger partial charge in [0, 0.05) is 12.7 Å². The molecule has 1 heterocycles. The van der Waals surface area contributed by atoms with Crippen LogP contribution in [-0.4, -0.2) is 17.2 Å². The van der Waals surface area contributed by atoms with Crippen LogP contribution in [0.3, 0.4) is 0 Å². The first-order valence-electron chi connectivity index (χ1n) is 4.46. The molecular formula is C10H10BrN3S. The van der Waals surface area contributed by atoms with E-state index >= 15 is 0 Å². The Hall–Kier alpha value is -0.940. The number of nitrogens with zero attached hydrogens (tertiary/aromatic N) is 3. The summed E-state index contributed by atoms with van der Waals surface area (Å²) in [5, 5.41) is 8.87. The van der Waals surface area contributed by atoms with Gasteiger partial charge in [0.1, 0.15) is 0 Å². The van der Waals surface area contributed by atoms with Crippen LogP contribution in [0.2, 0.25) is 0 Å². The first kappa shape index (κ1) is 10.6. The fourth-order valence-electron chi connectivity index (χ4n) is 1.21. The minimum atomic E-state index is 0.802. The third-order valence-corrected chi connectivity index (χ3v) is 3.53. The minimum absolute atomic E-state index is 0.802. The molecule has 2 aromatic rings. The molecule has 78 valence electrons. The highest BCUT2D eigenvalue weighted by atomic mass is 79.9. The van der Waals surface area contributed by atoms with Gasteiger partial charge in [0.2, 0.25) is 5.13 Å². The van der Waals surface area contributed by atoms with Crippen LogP contribution < -0.4 is 4.90 Å². The van der Waals surface area contributed by atoms with Crippen molar-refractivity contribution >= 4 is 38.1 Å². The molecule has 1 aromatic carbocycles. The molecule has 0 N–H and O–H groups in total. The van der Waals surface area contributed by atoms with Crippen molar-refractivity contribution < 1.29 is 0 Å². The van der Waals surface area contributed by atoms with Crippen molar-refractivity contribution in [1.29, 1.82) is 0 Å². The Kier molecular flexibility index (Phi) is 3.02. The Balaban J connectivity index is 2.28. The van der Waals surface area contributed by atoms with Crippen molar-refractivity contribution in [3.05, 3.63) is 33.7 Å². The van der Waals surface area contributed by atoms with Crippen molar-refractivity contribution in [2.45, 2.75) is 6.92 Å². The number of anilines is 2. The Morgan fingerprint density at radius 2 is 1.87 bits per heavy atom. The van der Waals surface area contributed by atoms with Gasteiger partial charge in [-0.2, -0.15) is 0 Å². The summed E-state index contributed by atoms with van der Waals surface area (Å²) in [6, 6.07) is 8.32. The minimum Gasteiger partial charge on any atom is -0.319 e. The lowest BCUT2D eigenvalue weighted by atomic mass is 10.2. The summed E-state index contributed by atoms with van der Waals surface area (Å²) >= 11 is 4.82. The topological polar surface area (TPSA) is 29.0 Å². The SMILES string of the molecule is Cc1ccc(N(C)c2nnc(Br)s2)cc1. The van der Waals surface area contributed by atoms with Gasteiger partial charge in [0.05, 0.1) is 0 Å². The van der Waals surface area contributed by atoms with Gasteiger partial charge in [-0.25, -0.2) is 0 Å². The van der Waals surface area contributed by atoms with Crippen molar-refractivity contribution in [2.24, 2.45) is 0 Å². The van der Waals surface area contributed by atoms with Crippen LogP contribution in [0, 0.1) is 6.92 Å². The molecule has 0 saturated carbocycles. The van der Waals surface area contributed by atoms with E-state index in [0.29, 0.717) is 0 Å². The number of aromatic nitrogens is 2. The monoisotopic (exact) mass is 283 g/mol. The summed E-state index contributed by atoms with van der Waals surface area (Å²) in [5.74, 6) is 0. The molecule has 0 aliphatic rings. The smallest absolute Gasteiger partial charge is 0.213 e. The zero-order chi connectivity index (χ0) is 10.8. The first-order chi connectivity index (χ1) is 7.16. The van der Waals surface area contributed by atoms with E-state index < -0.39 is 0 Å². The molecule has 5 heteroatoms. The van der Waals surface area contributed by atoms with Gasteiger partial charge in [-0.05, 0) is 35.0 Å². The van der Waals surface area contributed by atoms with Crippen LogP contribution in [0.5, 0.6) is 0 Å². The van der Waals surface area contributed by atoms with E-state index in [1.165, 1.54) is 16.9 Å². The average Bonchev–Trinajstić information content (AvgIpc) is 2.65. The molecular weight excluding hydrogens is 274 g/mol. The van der Waals surface area contributed by atoms with Crippen molar-refractivity contribution in [3.8, 4) is 0 Å². The third kappa shape index (κ3) is 2.35. The zero-order valence-electron chi connectivity index (χ0n) is 8.44. The summed E-state index contributed by atoms with van der Waals surface area (Å²) in [6.45, 7) is 2.07. The average molecular weight is 284 g/mol. The van der Waals surface area contributed by atoms with Gasteiger partial charge in [-0.1, -0.05) is 29.0 Å². The molecule has 0 atom stereocenters. The van der Waals surface area contributed by atoms with Crippen LogP contribution in [0.1, 0.15) is 5.56 Å². The second kappa shape index (κ2) is 4.28. The standard InChI is InChI=1S/C10H10BrN3S/c1-7-3-5-8(6-4-7)14(2)10-13-12-9(11)15-10/h3-6H,1-2H3. The number of rotatable bonds is 2. The van der Waals surface area contributed by atoms with Gasteiger partial charge in [-0.15, -0.1) is 10.2 Å². The van der Waals surface area contributed by atoms with Crippen LogP contribution in [0.25, 0.3) is 0 Å². The van der Waals surface area contributed by atoms with E-state index in [2.05, 4.69) is 57.3 Å². The zero-order valence-corrected chi connectivity index (χ0v) is 10.8. The van der Waals surface area contributed by atoms with E-state index in [-0.39, 0.29) is 0 Å². The number of aryl methyl sites for hydroxylation is 1. The molecule has 0 bridgehead atoms. The predicted octanol–water partition coefficient (Wildman–Crippen LogP) is 3.38. The number of benzene rings is 1. The molecule has 0 unspecified atom stereocenters. The quantitative estimate of drug-likeness (QED) is 0.846. The van der Waals surface area contributed by atoms with Crippen molar-refractivity contribution in [3.63, 3.8) is 0 Å². The van der Waals surface area contributed by atoms with Crippen LogP contribution in [-0.2, 0) is 0 Å². The van der Waals surface area contributed by atoms with Crippen LogP contribution in [0.4, 0.5) is 10.8 Å². The summed E-state index contributed by atoms with van der Waals surface area (Å²) in [5.41, 5.74) is 2.37. The van der Waals surface area contributed by atoms with E-state index in [0.717, 1.165) is 14.7 Å². The largest absolute Gasteiger partial charge is 0.319 e. The Bertz CT molecular complexity index is 452. The molecule has 1 aromatic heterocycles.